The molecular weight excluding hydrogens is 297 g/mol. The Morgan fingerprint density at radius 1 is 0.957 bits per heavy atom. The van der Waals surface area contributed by atoms with E-state index in [1.807, 2.05) is 30.3 Å². The number of carbonyl (C=O) groups excluding carboxylic acids is 1. The summed E-state index contributed by atoms with van der Waals surface area (Å²) >= 11 is 0. The van der Waals surface area contributed by atoms with Crippen molar-refractivity contribution < 1.29 is 18.7 Å². The molecule has 0 aliphatic rings. The fourth-order valence-electron chi connectivity index (χ4n) is 1.92. The zero-order chi connectivity index (χ0) is 16.5. The van der Waals surface area contributed by atoms with Gasteiger partial charge >= 0.3 is 0 Å². The van der Waals surface area contributed by atoms with Gasteiger partial charge in [-0.1, -0.05) is 18.2 Å². The second-order valence-electron chi connectivity index (χ2n) is 5.03. The lowest BCUT2D eigenvalue weighted by atomic mass is 10.3. The summed E-state index contributed by atoms with van der Waals surface area (Å²) in [6.07, 6.45) is 0.307. The van der Waals surface area contributed by atoms with Gasteiger partial charge in [0.05, 0.1) is 19.6 Å². The molecule has 2 aromatic rings. The molecule has 2 aromatic carbocycles. The average Bonchev–Trinajstić information content (AvgIpc) is 2.57. The van der Waals surface area contributed by atoms with Crippen molar-refractivity contribution in [1.82, 2.24) is 4.90 Å². The fourth-order valence-corrected chi connectivity index (χ4v) is 1.92. The number of ether oxygens (including phenoxy) is 2. The van der Waals surface area contributed by atoms with Crippen molar-refractivity contribution in [3.05, 3.63) is 60.4 Å². The summed E-state index contributed by atoms with van der Waals surface area (Å²) in [6, 6.07) is 15.2. The van der Waals surface area contributed by atoms with Crippen LogP contribution < -0.4 is 9.47 Å². The molecule has 5 heteroatoms. The average molecular weight is 317 g/mol. The monoisotopic (exact) mass is 317 g/mol. The molecule has 122 valence electrons. The van der Waals surface area contributed by atoms with Crippen molar-refractivity contribution in [3.8, 4) is 11.5 Å². The van der Waals surface area contributed by atoms with Crippen molar-refractivity contribution in [2.24, 2.45) is 0 Å². The standard InChI is InChI=1S/C18H20FNO3/c1-20(12-14-23-17-9-7-15(19)8-10-17)18(21)11-13-22-16-5-3-2-4-6-16/h2-10H,11-14H2,1H3. The molecular formula is C18H20FNO3. The number of rotatable bonds is 8. The Balaban J connectivity index is 1.63. The maximum Gasteiger partial charge on any atom is 0.225 e. The number of likely N-dealkylation sites (N-methyl/N-ethyl adjacent to an activating group) is 1. The van der Waals surface area contributed by atoms with Crippen LogP contribution in [0.3, 0.4) is 0 Å². The zero-order valence-electron chi connectivity index (χ0n) is 13.1. The Kier molecular flexibility index (Phi) is 6.41. The summed E-state index contributed by atoms with van der Waals surface area (Å²) in [6.45, 7) is 1.15. The molecule has 1 amide bonds. The lowest BCUT2D eigenvalue weighted by Gasteiger charge is -2.17. The van der Waals surface area contributed by atoms with Crippen LogP contribution in [0, 0.1) is 5.82 Å². The lowest BCUT2D eigenvalue weighted by Crippen LogP contribution is -2.31. The van der Waals surface area contributed by atoms with Crippen molar-refractivity contribution in [2.75, 3.05) is 26.8 Å². The molecule has 0 spiro atoms. The predicted octanol–water partition coefficient (Wildman–Crippen LogP) is 3.13. The van der Waals surface area contributed by atoms with Gasteiger partial charge in [-0.3, -0.25) is 4.79 Å². The van der Waals surface area contributed by atoms with Crippen molar-refractivity contribution in [1.29, 1.82) is 0 Å². The first-order valence-corrected chi connectivity index (χ1v) is 7.45. The highest BCUT2D eigenvalue weighted by Gasteiger charge is 2.09. The van der Waals surface area contributed by atoms with E-state index in [1.54, 1.807) is 24.1 Å². The van der Waals surface area contributed by atoms with E-state index in [9.17, 15) is 9.18 Å². The minimum absolute atomic E-state index is 0.0105. The third-order valence-corrected chi connectivity index (χ3v) is 3.26. The molecule has 0 saturated carbocycles. The molecule has 0 radical (unpaired) electrons. The van der Waals surface area contributed by atoms with E-state index in [4.69, 9.17) is 9.47 Å². The van der Waals surface area contributed by atoms with Gasteiger partial charge in [-0.25, -0.2) is 4.39 Å². The Hall–Kier alpha value is -2.56. The van der Waals surface area contributed by atoms with Gasteiger partial charge in [-0.15, -0.1) is 0 Å². The van der Waals surface area contributed by atoms with Crippen molar-refractivity contribution in [2.45, 2.75) is 6.42 Å². The van der Waals surface area contributed by atoms with E-state index in [2.05, 4.69) is 0 Å². The first-order chi connectivity index (χ1) is 11.1. The smallest absolute Gasteiger partial charge is 0.225 e. The summed E-state index contributed by atoms with van der Waals surface area (Å²) in [4.78, 5) is 13.6. The summed E-state index contributed by atoms with van der Waals surface area (Å²) in [7, 11) is 1.72. The molecule has 0 aliphatic carbocycles. The van der Waals surface area contributed by atoms with Gasteiger partial charge in [-0.05, 0) is 36.4 Å². The molecule has 0 aromatic heterocycles. The van der Waals surface area contributed by atoms with E-state index in [-0.39, 0.29) is 11.7 Å². The molecule has 0 aliphatic heterocycles. The van der Waals surface area contributed by atoms with E-state index in [1.165, 1.54) is 12.1 Å². The molecule has 2 rings (SSSR count). The molecule has 0 heterocycles. The Bertz CT molecular complexity index is 601. The number of amides is 1. The quantitative estimate of drug-likeness (QED) is 0.751. The van der Waals surface area contributed by atoms with E-state index in [0.29, 0.717) is 31.9 Å². The van der Waals surface area contributed by atoms with Crippen LogP contribution in [0.2, 0.25) is 0 Å². The molecule has 0 saturated heterocycles. The second-order valence-corrected chi connectivity index (χ2v) is 5.03. The van der Waals surface area contributed by atoms with Gasteiger partial charge in [0.25, 0.3) is 0 Å². The highest BCUT2D eigenvalue weighted by molar-refractivity contribution is 5.75. The molecule has 0 atom stereocenters. The summed E-state index contributed by atoms with van der Waals surface area (Å²) in [5.41, 5.74) is 0. The van der Waals surface area contributed by atoms with Crippen LogP contribution in [0.15, 0.2) is 54.6 Å². The number of benzene rings is 2. The van der Waals surface area contributed by atoms with Crippen LogP contribution in [-0.4, -0.2) is 37.6 Å². The Morgan fingerprint density at radius 2 is 1.57 bits per heavy atom. The van der Waals surface area contributed by atoms with Gasteiger partial charge in [0.15, 0.2) is 0 Å². The van der Waals surface area contributed by atoms with Crippen LogP contribution in [-0.2, 0) is 4.79 Å². The van der Waals surface area contributed by atoms with Crippen LogP contribution in [0.25, 0.3) is 0 Å². The van der Waals surface area contributed by atoms with Crippen LogP contribution in [0.1, 0.15) is 6.42 Å². The van der Waals surface area contributed by atoms with Crippen LogP contribution in [0.4, 0.5) is 4.39 Å². The lowest BCUT2D eigenvalue weighted by molar-refractivity contribution is -0.130. The molecule has 0 bridgehead atoms. The minimum atomic E-state index is -0.303. The van der Waals surface area contributed by atoms with E-state index in [0.717, 1.165) is 5.75 Å². The first-order valence-electron chi connectivity index (χ1n) is 7.45. The van der Waals surface area contributed by atoms with Gasteiger partial charge in [0.2, 0.25) is 5.91 Å². The minimum Gasteiger partial charge on any atom is -0.493 e. The molecule has 0 fully saturated rings. The number of hydrogen-bond donors (Lipinski definition) is 0. The largest absolute Gasteiger partial charge is 0.493 e. The molecule has 23 heavy (non-hydrogen) atoms. The van der Waals surface area contributed by atoms with Crippen LogP contribution in [0.5, 0.6) is 11.5 Å². The highest BCUT2D eigenvalue weighted by atomic mass is 19.1. The van der Waals surface area contributed by atoms with Gasteiger partial charge in [0, 0.05) is 7.05 Å². The highest BCUT2D eigenvalue weighted by Crippen LogP contribution is 2.11. The Labute approximate surface area is 135 Å². The van der Waals surface area contributed by atoms with Gasteiger partial charge in [-0.2, -0.15) is 0 Å². The van der Waals surface area contributed by atoms with E-state index >= 15 is 0 Å². The zero-order valence-corrected chi connectivity index (χ0v) is 13.1. The fraction of sp³-hybridized carbons (Fsp3) is 0.278. The Morgan fingerprint density at radius 3 is 2.26 bits per heavy atom. The number of halogens is 1. The second kappa shape index (κ2) is 8.78. The maximum atomic E-state index is 12.8. The number of para-hydroxylation sites is 1. The number of nitrogens with zero attached hydrogens (tertiary/aromatic N) is 1. The normalized spacial score (nSPS) is 10.2. The number of hydrogen-bond acceptors (Lipinski definition) is 3. The topological polar surface area (TPSA) is 38.8 Å². The maximum absolute atomic E-state index is 12.8. The van der Waals surface area contributed by atoms with Crippen molar-refractivity contribution in [3.63, 3.8) is 0 Å². The summed E-state index contributed by atoms with van der Waals surface area (Å²) in [5.74, 6) is 1.02. The van der Waals surface area contributed by atoms with E-state index < -0.39 is 0 Å². The summed E-state index contributed by atoms with van der Waals surface area (Å²) in [5, 5.41) is 0. The van der Waals surface area contributed by atoms with Gasteiger partial charge < -0.3 is 14.4 Å². The molecule has 4 nitrogen and oxygen atoms in total. The SMILES string of the molecule is CN(CCOc1ccc(F)cc1)C(=O)CCOc1ccccc1. The van der Waals surface area contributed by atoms with Crippen molar-refractivity contribution >= 4 is 5.91 Å². The molecule has 0 unspecified atom stereocenters. The molecule has 0 N–H and O–H groups in total. The van der Waals surface area contributed by atoms with Crippen LogP contribution >= 0.6 is 0 Å². The summed E-state index contributed by atoms with van der Waals surface area (Å²) < 4.78 is 23.7. The third kappa shape index (κ3) is 5.98. The first kappa shape index (κ1) is 16.8. The van der Waals surface area contributed by atoms with Gasteiger partial charge in [0.1, 0.15) is 23.9 Å². The number of carbonyl (C=O) groups is 1. The predicted molar refractivity (Wildman–Crippen MR) is 86.1 cm³/mol. The third-order valence-electron chi connectivity index (χ3n) is 3.26.